The molecule has 0 heteroatoms. The molecule has 0 amide bonds. The summed E-state index contributed by atoms with van der Waals surface area (Å²) < 4.78 is 0. The lowest BCUT2D eigenvalue weighted by molar-refractivity contribution is 0.889. The summed E-state index contributed by atoms with van der Waals surface area (Å²) in [4.78, 5) is 0. The second-order valence-corrected chi connectivity index (χ2v) is 6.33. The summed E-state index contributed by atoms with van der Waals surface area (Å²) in [5.41, 5.74) is 8.63. The highest BCUT2D eigenvalue weighted by atomic mass is 14.1. The van der Waals surface area contributed by atoms with Crippen LogP contribution >= 0.6 is 0 Å². The highest BCUT2D eigenvalue weighted by Crippen LogP contribution is 2.19. The maximum atomic E-state index is 2.40. The highest BCUT2D eigenvalue weighted by Gasteiger charge is 2.03. The normalized spacial score (nSPS) is 10.9. The molecule has 0 bridgehead atoms. The van der Waals surface area contributed by atoms with Crippen LogP contribution in [0.2, 0.25) is 0 Å². The van der Waals surface area contributed by atoms with Crippen molar-refractivity contribution in [1.82, 2.24) is 0 Å². The van der Waals surface area contributed by atoms with Crippen LogP contribution in [0, 0.1) is 13.8 Å². The van der Waals surface area contributed by atoms with Crippen molar-refractivity contribution >= 4 is 0 Å². The Balaban J connectivity index is 2.28. The summed E-state index contributed by atoms with van der Waals surface area (Å²) in [6.07, 6.45) is 5.88. The van der Waals surface area contributed by atoms with E-state index in [1.54, 1.807) is 0 Å². The van der Waals surface area contributed by atoms with Gasteiger partial charge >= 0.3 is 0 Å². The van der Waals surface area contributed by atoms with Gasteiger partial charge in [0.15, 0.2) is 0 Å². The van der Waals surface area contributed by atoms with Crippen molar-refractivity contribution < 1.29 is 0 Å². The predicted molar refractivity (Wildman–Crippen MR) is 93.2 cm³/mol. The van der Waals surface area contributed by atoms with Gasteiger partial charge in [-0.3, -0.25) is 0 Å². The van der Waals surface area contributed by atoms with E-state index in [2.05, 4.69) is 64.1 Å². The molecule has 112 valence electrons. The SMILES string of the molecule is CCCc1cc(CCC)cc(Cc2cc(C)cc(C)c2)c1. The maximum Gasteiger partial charge on any atom is -0.00254 e. The van der Waals surface area contributed by atoms with Gasteiger partial charge in [-0.05, 0) is 55.4 Å². The molecule has 0 fully saturated rings. The number of rotatable bonds is 6. The first-order valence-corrected chi connectivity index (χ1v) is 8.29. The van der Waals surface area contributed by atoms with Crippen LogP contribution in [-0.2, 0) is 19.3 Å². The molecule has 0 aliphatic rings. The van der Waals surface area contributed by atoms with E-state index in [0.717, 1.165) is 6.42 Å². The first-order chi connectivity index (χ1) is 10.1. The van der Waals surface area contributed by atoms with Crippen molar-refractivity contribution in [3.05, 3.63) is 69.8 Å². The Kier molecular flexibility index (Phi) is 5.61. The van der Waals surface area contributed by atoms with Crippen LogP contribution in [0.25, 0.3) is 0 Å². The Morgan fingerprint density at radius 1 is 0.571 bits per heavy atom. The highest BCUT2D eigenvalue weighted by molar-refractivity contribution is 5.36. The molecule has 0 nitrogen and oxygen atoms in total. The zero-order valence-electron chi connectivity index (χ0n) is 14.0. The van der Waals surface area contributed by atoms with Crippen LogP contribution in [0.1, 0.15) is 60.1 Å². The van der Waals surface area contributed by atoms with Gasteiger partial charge in [-0.15, -0.1) is 0 Å². The molecule has 0 radical (unpaired) electrons. The average Bonchev–Trinajstić information content (AvgIpc) is 2.37. The van der Waals surface area contributed by atoms with Crippen LogP contribution in [0.15, 0.2) is 36.4 Å². The summed E-state index contributed by atoms with van der Waals surface area (Å²) in [7, 11) is 0. The van der Waals surface area contributed by atoms with Gasteiger partial charge in [-0.2, -0.15) is 0 Å². The molecule has 0 saturated heterocycles. The standard InChI is InChI=1S/C21H28/c1-5-7-18-12-19(8-6-2)14-21(13-18)15-20-10-16(3)9-17(4)11-20/h9-14H,5-8,15H2,1-4H3. The van der Waals surface area contributed by atoms with Gasteiger partial charge in [0.25, 0.3) is 0 Å². The summed E-state index contributed by atoms with van der Waals surface area (Å²) >= 11 is 0. The van der Waals surface area contributed by atoms with Crippen molar-refractivity contribution in [3.8, 4) is 0 Å². The Morgan fingerprint density at radius 2 is 1.00 bits per heavy atom. The molecular formula is C21H28. The van der Waals surface area contributed by atoms with Gasteiger partial charge in [0.1, 0.15) is 0 Å². The largest absolute Gasteiger partial charge is 0.0651 e. The van der Waals surface area contributed by atoms with Crippen LogP contribution in [0.4, 0.5) is 0 Å². The molecule has 0 saturated carbocycles. The monoisotopic (exact) mass is 280 g/mol. The van der Waals surface area contributed by atoms with E-state index in [4.69, 9.17) is 0 Å². The number of benzene rings is 2. The smallest absolute Gasteiger partial charge is 0.00254 e. The van der Waals surface area contributed by atoms with E-state index >= 15 is 0 Å². The number of hydrogen-bond acceptors (Lipinski definition) is 0. The Hall–Kier alpha value is -1.56. The van der Waals surface area contributed by atoms with Crippen molar-refractivity contribution in [2.75, 3.05) is 0 Å². The minimum absolute atomic E-state index is 1.05. The third kappa shape index (κ3) is 4.74. The molecule has 21 heavy (non-hydrogen) atoms. The second kappa shape index (κ2) is 7.45. The summed E-state index contributed by atoms with van der Waals surface area (Å²) in [5.74, 6) is 0. The van der Waals surface area contributed by atoms with E-state index in [0.29, 0.717) is 0 Å². The van der Waals surface area contributed by atoms with E-state index in [-0.39, 0.29) is 0 Å². The van der Waals surface area contributed by atoms with Crippen LogP contribution in [0.3, 0.4) is 0 Å². The zero-order chi connectivity index (χ0) is 15.2. The lowest BCUT2D eigenvalue weighted by atomic mass is 9.95. The van der Waals surface area contributed by atoms with Crippen LogP contribution < -0.4 is 0 Å². The van der Waals surface area contributed by atoms with Crippen LogP contribution in [0.5, 0.6) is 0 Å². The zero-order valence-corrected chi connectivity index (χ0v) is 14.0. The van der Waals surface area contributed by atoms with Crippen molar-refractivity contribution in [2.45, 2.75) is 59.8 Å². The minimum atomic E-state index is 1.05. The molecule has 0 aliphatic heterocycles. The van der Waals surface area contributed by atoms with Gasteiger partial charge in [0.2, 0.25) is 0 Å². The van der Waals surface area contributed by atoms with Gasteiger partial charge < -0.3 is 0 Å². The molecular weight excluding hydrogens is 252 g/mol. The number of aryl methyl sites for hydroxylation is 4. The van der Waals surface area contributed by atoms with E-state index in [1.807, 2.05) is 0 Å². The van der Waals surface area contributed by atoms with Crippen LogP contribution in [-0.4, -0.2) is 0 Å². The molecule has 2 aromatic carbocycles. The van der Waals surface area contributed by atoms with E-state index in [1.165, 1.54) is 59.1 Å². The van der Waals surface area contributed by atoms with Gasteiger partial charge in [0, 0.05) is 0 Å². The molecule has 0 unspecified atom stereocenters. The Bertz CT molecular complexity index is 548. The van der Waals surface area contributed by atoms with E-state index < -0.39 is 0 Å². The average molecular weight is 280 g/mol. The fourth-order valence-corrected chi connectivity index (χ4v) is 3.21. The molecule has 2 aromatic rings. The molecule has 0 spiro atoms. The summed E-state index contributed by atoms with van der Waals surface area (Å²) in [6.45, 7) is 8.89. The molecule has 2 rings (SSSR count). The molecule has 0 atom stereocenters. The third-order valence-electron chi connectivity index (χ3n) is 3.88. The first kappa shape index (κ1) is 15.8. The molecule has 0 aromatic heterocycles. The third-order valence-corrected chi connectivity index (χ3v) is 3.88. The molecule has 0 N–H and O–H groups in total. The maximum absolute atomic E-state index is 2.40. The van der Waals surface area contributed by atoms with Crippen molar-refractivity contribution in [2.24, 2.45) is 0 Å². The predicted octanol–water partition coefficient (Wildman–Crippen LogP) is 5.80. The lowest BCUT2D eigenvalue weighted by Crippen LogP contribution is -1.96. The van der Waals surface area contributed by atoms with Gasteiger partial charge in [-0.1, -0.05) is 74.2 Å². The second-order valence-electron chi connectivity index (χ2n) is 6.33. The van der Waals surface area contributed by atoms with Gasteiger partial charge in [0.05, 0.1) is 0 Å². The summed E-state index contributed by atoms with van der Waals surface area (Å²) in [6, 6.07) is 14.1. The number of hydrogen-bond donors (Lipinski definition) is 0. The molecule has 0 heterocycles. The van der Waals surface area contributed by atoms with Crippen molar-refractivity contribution in [3.63, 3.8) is 0 Å². The van der Waals surface area contributed by atoms with Crippen molar-refractivity contribution in [1.29, 1.82) is 0 Å². The lowest BCUT2D eigenvalue weighted by Gasteiger charge is -2.10. The van der Waals surface area contributed by atoms with Gasteiger partial charge in [-0.25, -0.2) is 0 Å². The summed E-state index contributed by atoms with van der Waals surface area (Å²) in [5, 5.41) is 0. The Labute approximate surface area is 130 Å². The topological polar surface area (TPSA) is 0 Å². The Morgan fingerprint density at radius 3 is 1.48 bits per heavy atom. The molecule has 0 aliphatic carbocycles. The quantitative estimate of drug-likeness (QED) is 0.627. The first-order valence-electron chi connectivity index (χ1n) is 8.29. The minimum Gasteiger partial charge on any atom is -0.0651 e. The fourth-order valence-electron chi connectivity index (χ4n) is 3.21. The van der Waals surface area contributed by atoms with E-state index in [9.17, 15) is 0 Å². The fraction of sp³-hybridized carbons (Fsp3) is 0.429.